The third kappa shape index (κ3) is 3.36. The van der Waals surface area contributed by atoms with Gasteiger partial charge in [-0.15, -0.1) is 0 Å². The Labute approximate surface area is 124 Å². The van der Waals surface area contributed by atoms with Gasteiger partial charge in [0.1, 0.15) is 11.8 Å². The number of pyridine rings is 1. The SMILES string of the molecule is CC(c1ccc(Cl)cc1)N(C)Cc1cccnc1C#N. The molecular formula is C16H16ClN3. The first-order valence-electron chi connectivity index (χ1n) is 6.41. The normalized spacial score (nSPS) is 12.2. The van der Waals surface area contributed by atoms with E-state index in [4.69, 9.17) is 16.9 Å². The Morgan fingerprint density at radius 2 is 2.00 bits per heavy atom. The fourth-order valence-electron chi connectivity index (χ4n) is 2.07. The number of rotatable bonds is 4. The van der Waals surface area contributed by atoms with Gasteiger partial charge in [-0.25, -0.2) is 4.98 Å². The molecule has 0 saturated heterocycles. The monoisotopic (exact) mass is 285 g/mol. The van der Waals surface area contributed by atoms with E-state index in [1.807, 2.05) is 43.4 Å². The van der Waals surface area contributed by atoms with Crippen molar-refractivity contribution in [3.05, 3.63) is 64.4 Å². The number of nitriles is 1. The molecule has 20 heavy (non-hydrogen) atoms. The van der Waals surface area contributed by atoms with Crippen molar-refractivity contribution in [3.63, 3.8) is 0 Å². The molecule has 1 aromatic heterocycles. The molecule has 0 aliphatic rings. The van der Waals surface area contributed by atoms with Crippen molar-refractivity contribution in [1.29, 1.82) is 5.26 Å². The molecule has 0 bridgehead atoms. The van der Waals surface area contributed by atoms with Crippen LogP contribution in [0.4, 0.5) is 0 Å². The predicted octanol–water partition coefficient (Wildman–Crippen LogP) is 3.80. The molecule has 4 heteroatoms. The van der Waals surface area contributed by atoms with Crippen molar-refractivity contribution < 1.29 is 0 Å². The zero-order valence-corrected chi connectivity index (χ0v) is 12.3. The Hall–Kier alpha value is -1.89. The van der Waals surface area contributed by atoms with Crippen LogP contribution in [0, 0.1) is 11.3 Å². The van der Waals surface area contributed by atoms with Gasteiger partial charge in [-0.1, -0.05) is 29.8 Å². The van der Waals surface area contributed by atoms with Crippen LogP contribution in [0.15, 0.2) is 42.6 Å². The van der Waals surface area contributed by atoms with Crippen LogP contribution >= 0.6 is 11.6 Å². The van der Waals surface area contributed by atoms with Crippen molar-refractivity contribution >= 4 is 11.6 Å². The minimum absolute atomic E-state index is 0.235. The summed E-state index contributed by atoms with van der Waals surface area (Å²) < 4.78 is 0. The van der Waals surface area contributed by atoms with Crippen LogP contribution < -0.4 is 0 Å². The molecule has 0 N–H and O–H groups in total. The smallest absolute Gasteiger partial charge is 0.144 e. The predicted molar refractivity (Wildman–Crippen MR) is 80.3 cm³/mol. The standard InChI is InChI=1S/C16H16ClN3/c1-12(13-5-7-15(17)8-6-13)20(2)11-14-4-3-9-19-16(14)10-18/h3-9,12H,11H2,1-2H3. The van der Waals surface area contributed by atoms with E-state index >= 15 is 0 Å². The lowest BCUT2D eigenvalue weighted by atomic mass is 10.1. The van der Waals surface area contributed by atoms with E-state index in [-0.39, 0.29) is 6.04 Å². The summed E-state index contributed by atoms with van der Waals surface area (Å²) >= 11 is 5.91. The fraction of sp³-hybridized carbons (Fsp3) is 0.250. The van der Waals surface area contributed by atoms with Gasteiger partial charge >= 0.3 is 0 Å². The van der Waals surface area contributed by atoms with Crippen LogP contribution in [-0.4, -0.2) is 16.9 Å². The molecule has 102 valence electrons. The number of halogens is 1. The van der Waals surface area contributed by atoms with Gasteiger partial charge in [0.2, 0.25) is 0 Å². The Kier molecular flexibility index (Phi) is 4.73. The lowest BCUT2D eigenvalue weighted by Gasteiger charge is -2.25. The second-order valence-corrected chi connectivity index (χ2v) is 5.20. The first kappa shape index (κ1) is 14.5. The quantitative estimate of drug-likeness (QED) is 0.858. The van der Waals surface area contributed by atoms with E-state index in [0.717, 1.165) is 10.6 Å². The summed E-state index contributed by atoms with van der Waals surface area (Å²) in [6, 6.07) is 14.0. The van der Waals surface area contributed by atoms with Crippen molar-refractivity contribution in [1.82, 2.24) is 9.88 Å². The maximum absolute atomic E-state index is 9.07. The summed E-state index contributed by atoms with van der Waals surface area (Å²) in [6.45, 7) is 2.81. The van der Waals surface area contributed by atoms with Gasteiger partial charge in [0.25, 0.3) is 0 Å². The molecule has 0 radical (unpaired) electrons. The highest BCUT2D eigenvalue weighted by molar-refractivity contribution is 6.30. The summed E-state index contributed by atoms with van der Waals surface area (Å²) in [7, 11) is 2.04. The Balaban J connectivity index is 2.13. The summed E-state index contributed by atoms with van der Waals surface area (Å²) in [5.41, 5.74) is 2.63. The van der Waals surface area contributed by atoms with Crippen molar-refractivity contribution in [2.75, 3.05) is 7.05 Å². The number of aromatic nitrogens is 1. The van der Waals surface area contributed by atoms with Crippen LogP contribution in [0.25, 0.3) is 0 Å². The molecule has 1 atom stereocenters. The molecule has 0 aliphatic heterocycles. The summed E-state index contributed by atoms with van der Waals surface area (Å²) in [4.78, 5) is 6.27. The lowest BCUT2D eigenvalue weighted by molar-refractivity contribution is 0.252. The number of nitrogens with zero attached hydrogens (tertiary/aromatic N) is 3. The van der Waals surface area contributed by atoms with Crippen molar-refractivity contribution in [3.8, 4) is 6.07 Å². The summed E-state index contributed by atoms with van der Waals surface area (Å²) in [6.07, 6.45) is 1.64. The van der Waals surface area contributed by atoms with E-state index in [9.17, 15) is 0 Å². The highest BCUT2D eigenvalue weighted by Crippen LogP contribution is 2.22. The molecule has 3 nitrogen and oxygen atoms in total. The lowest BCUT2D eigenvalue weighted by Crippen LogP contribution is -2.22. The molecular weight excluding hydrogens is 270 g/mol. The minimum atomic E-state index is 0.235. The molecule has 0 spiro atoms. The Bertz CT molecular complexity index is 616. The van der Waals surface area contributed by atoms with Crippen molar-refractivity contribution in [2.24, 2.45) is 0 Å². The molecule has 0 amide bonds. The maximum atomic E-state index is 9.07. The molecule has 0 saturated carbocycles. The third-order valence-corrected chi connectivity index (χ3v) is 3.68. The molecule has 1 unspecified atom stereocenters. The molecule has 2 rings (SSSR count). The highest BCUT2D eigenvalue weighted by Gasteiger charge is 2.13. The first-order chi connectivity index (χ1) is 9.61. The van der Waals surface area contributed by atoms with Gasteiger partial charge in [-0.2, -0.15) is 5.26 Å². The number of benzene rings is 1. The van der Waals surface area contributed by atoms with Gasteiger partial charge < -0.3 is 0 Å². The molecule has 0 fully saturated rings. The maximum Gasteiger partial charge on any atom is 0.144 e. The topological polar surface area (TPSA) is 39.9 Å². The molecule has 1 aromatic carbocycles. The highest BCUT2D eigenvalue weighted by atomic mass is 35.5. The van der Waals surface area contributed by atoms with Crippen LogP contribution in [0.2, 0.25) is 5.02 Å². The van der Waals surface area contributed by atoms with Crippen molar-refractivity contribution in [2.45, 2.75) is 19.5 Å². The van der Waals surface area contributed by atoms with Gasteiger partial charge in [0, 0.05) is 29.4 Å². The van der Waals surface area contributed by atoms with Crippen LogP contribution in [0.1, 0.15) is 29.8 Å². The molecule has 0 aliphatic carbocycles. The molecule has 1 heterocycles. The van der Waals surface area contributed by atoms with Gasteiger partial charge in [0.05, 0.1) is 0 Å². The minimum Gasteiger partial charge on any atom is -0.295 e. The van der Waals surface area contributed by atoms with Gasteiger partial charge in [0.15, 0.2) is 0 Å². The average molecular weight is 286 g/mol. The second kappa shape index (κ2) is 6.51. The van der Waals surface area contributed by atoms with E-state index < -0.39 is 0 Å². The van der Waals surface area contributed by atoms with Gasteiger partial charge in [-0.3, -0.25) is 4.90 Å². The zero-order chi connectivity index (χ0) is 14.5. The van der Waals surface area contributed by atoms with Gasteiger partial charge in [-0.05, 0) is 37.7 Å². The Morgan fingerprint density at radius 1 is 1.30 bits per heavy atom. The van der Waals surface area contributed by atoms with E-state index in [2.05, 4.69) is 22.9 Å². The first-order valence-corrected chi connectivity index (χ1v) is 6.79. The Morgan fingerprint density at radius 3 is 2.65 bits per heavy atom. The summed E-state index contributed by atoms with van der Waals surface area (Å²) in [5.74, 6) is 0. The fourth-order valence-corrected chi connectivity index (χ4v) is 2.19. The van der Waals surface area contributed by atoms with Crippen LogP contribution in [0.5, 0.6) is 0 Å². The van der Waals surface area contributed by atoms with E-state index in [1.54, 1.807) is 6.20 Å². The second-order valence-electron chi connectivity index (χ2n) is 4.77. The van der Waals surface area contributed by atoms with E-state index in [1.165, 1.54) is 5.56 Å². The van der Waals surface area contributed by atoms with Crippen LogP contribution in [-0.2, 0) is 6.54 Å². The largest absolute Gasteiger partial charge is 0.295 e. The van der Waals surface area contributed by atoms with E-state index in [0.29, 0.717) is 12.2 Å². The number of hydrogen-bond acceptors (Lipinski definition) is 3. The number of hydrogen-bond donors (Lipinski definition) is 0. The zero-order valence-electron chi connectivity index (χ0n) is 11.5. The third-order valence-electron chi connectivity index (χ3n) is 3.43. The average Bonchev–Trinajstić information content (AvgIpc) is 2.48. The molecule has 2 aromatic rings. The van der Waals surface area contributed by atoms with Crippen LogP contribution in [0.3, 0.4) is 0 Å². The summed E-state index contributed by atoms with van der Waals surface area (Å²) in [5, 5.41) is 9.81.